The van der Waals surface area contributed by atoms with Crippen LogP contribution in [0.3, 0.4) is 0 Å². The molecular weight excluding hydrogens is 260 g/mol. The van der Waals surface area contributed by atoms with Crippen molar-refractivity contribution in [3.05, 3.63) is 0 Å². The van der Waals surface area contributed by atoms with Crippen LogP contribution < -0.4 is 11.5 Å². The summed E-state index contributed by atoms with van der Waals surface area (Å²) in [5, 5.41) is 0. The van der Waals surface area contributed by atoms with Gasteiger partial charge in [0.1, 0.15) is 0 Å². The molecule has 0 heterocycles. The molecule has 0 aliphatic rings. The van der Waals surface area contributed by atoms with Crippen LogP contribution in [0.1, 0.15) is 55.4 Å². The number of rotatable bonds is 4. The summed E-state index contributed by atoms with van der Waals surface area (Å²) in [6, 6.07) is 0. The Hall–Kier alpha value is 0.620. The highest BCUT2D eigenvalue weighted by Gasteiger charge is 2.32. The lowest BCUT2D eigenvalue weighted by atomic mass is 9.91. The van der Waals surface area contributed by atoms with Gasteiger partial charge in [-0.2, -0.15) is 23.5 Å². The van der Waals surface area contributed by atoms with Crippen LogP contribution in [-0.4, -0.2) is 33.1 Å². The summed E-state index contributed by atoms with van der Waals surface area (Å²) >= 11 is 3.62. The van der Waals surface area contributed by atoms with Crippen molar-refractivity contribution in [2.75, 3.05) is 12.5 Å². The second kappa shape index (κ2) is 6.87. The molecule has 0 amide bonds. The third kappa shape index (κ3) is 6.69. The van der Waals surface area contributed by atoms with E-state index in [9.17, 15) is 0 Å². The maximum atomic E-state index is 5.90. The molecule has 2 nitrogen and oxygen atoms in total. The highest BCUT2D eigenvalue weighted by Crippen LogP contribution is 2.31. The van der Waals surface area contributed by atoms with Crippen molar-refractivity contribution in [3.63, 3.8) is 0 Å². The molecule has 0 fully saturated rings. The first-order valence-corrected chi connectivity index (χ1v) is 8.75. The fourth-order valence-corrected chi connectivity index (χ4v) is 1.58. The molecule has 0 aliphatic heterocycles. The van der Waals surface area contributed by atoms with E-state index in [1.165, 1.54) is 0 Å². The summed E-state index contributed by atoms with van der Waals surface area (Å²) in [4.78, 5) is 0. The first-order valence-electron chi connectivity index (χ1n) is 6.30. The predicted molar refractivity (Wildman–Crippen MR) is 91.7 cm³/mol. The molecule has 112 valence electrons. The van der Waals surface area contributed by atoms with Gasteiger partial charge in [0, 0.05) is 20.6 Å². The van der Waals surface area contributed by atoms with Crippen molar-refractivity contribution >= 4 is 23.5 Å². The predicted octanol–water partition coefficient (Wildman–Crippen LogP) is 3.73. The van der Waals surface area contributed by atoms with Gasteiger partial charge in [-0.05, 0) is 67.9 Å². The Balaban J connectivity index is 0. The van der Waals surface area contributed by atoms with E-state index in [1.807, 2.05) is 23.5 Å². The molecule has 18 heavy (non-hydrogen) atoms. The zero-order valence-corrected chi connectivity index (χ0v) is 15.6. The molecule has 0 unspecified atom stereocenters. The minimum absolute atomic E-state index is 0.0909. The van der Waals surface area contributed by atoms with Crippen LogP contribution in [0.5, 0.6) is 0 Å². The summed E-state index contributed by atoms with van der Waals surface area (Å²) in [5.74, 6) is 0. The lowest BCUT2D eigenvalue weighted by Crippen LogP contribution is -2.50. The first kappa shape index (κ1) is 20.9. The highest BCUT2D eigenvalue weighted by atomic mass is 32.2. The van der Waals surface area contributed by atoms with Crippen LogP contribution in [-0.2, 0) is 0 Å². The molecule has 0 saturated heterocycles. The van der Waals surface area contributed by atoms with Gasteiger partial charge in [-0.25, -0.2) is 0 Å². The molecule has 0 aliphatic carbocycles. The number of thioether (sulfide) groups is 2. The summed E-state index contributed by atoms with van der Waals surface area (Å²) in [5.41, 5.74) is 11.6. The second-order valence-electron chi connectivity index (χ2n) is 6.87. The van der Waals surface area contributed by atoms with E-state index in [0.29, 0.717) is 0 Å². The van der Waals surface area contributed by atoms with Gasteiger partial charge in [0.15, 0.2) is 0 Å². The zero-order valence-electron chi connectivity index (χ0n) is 14.0. The van der Waals surface area contributed by atoms with Crippen molar-refractivity contribution in [1.29, 1.82) is 0 Å². The minimum Gasteiger partial charge on any atom is -0.324 e. The van der Waals surface area contributed by atoms with E-state index in [-0.39, 0.29) is 20.6 Å². The molecule has 0 radical (unpaired) electrons. The van der Waals surface area contributed by atoms with E-state index in [4.69, 9.17) is 11.5 Å². The van der Waals surface area contributed by atoms with Gasteiger partial charge in [0.25, 0.3) is 0 Å². The van der Waals surface area contributed by atoms with E-state index >= 15 is 0 Å². The van der Waals surface area contributed by atoms with E-state index < -0.39 is 0 Å². The van der Waals surface area contributed by atoms with Crippen LogP contribution in [0.25, 0.3) is 0 Å². The summed E-state index contributed by atoms with van der Waals surface area (Å²) in [7, 11) is 0. The monoisotopic (exact) mass is 294 g/mol. The molecule has 0 spiro atoms. The van der Waals surface area contributed by atoms with Crippen molar-refractivity contribution in [2.24, 2.45) is 11.5 Å². The highest BCUT2D eigenvalue weighted by molar-refractivity contribution is 8.00. The quantitative estimate of drug-likeness (QED) is 0.829. The largest absolute Gasteiger partial charge is 0.324 e. The number of hydrogen-bond acceptors (Lipinski definition) is 4. The van der Waals surface area contributed by atoms with Gasteiger partial charge in [-0.3, -0.25) is 0 Å². The van der Waals surface area contributed by atoms with Crippen LogP contribution >= 0.6 is 23.5 Å². The molecule has 4 heteroatoms. The lowest BCUT2D eigenvalue weighted by molar-refractivity contribution is 0.413. The van der Waals surface area contributed by atoms with Gasteiger partial charge in [-0.15, -0.1) is 0 Å². The molecule has 4 N–H and O–H groups in total. The van der Waals surface area contributed by atoms with Gasteiger partial charge < -0.3 is 11.5 Å². The maximum absolute atomic E-state index is 5.90. The molecule has 0 aromatic rings. The lowest BCUT2D eigenvalue weighted by Gasteiger charge is -2.36. The van der Waals surface area contributed by atoms with E-state index in [2.05, 4.69) is 67.9 Å². The van der Waals surface area contributed by atoms with Crippen molar-refractivity contribution < 1.29 is 0 Å². The Kier molecular flexibility index (Phi) is 7.99. The fourth-order valence-electron chi connectivity index (χ4n) is 0.526. The third-order valence-electron chi connectivity index (χ3n) is 4.12. The Morgan fingerprint density at radius 3 is 0.722 bits per heavy atom. The summed E-state index contributed by atoms with van der Waals surface area (Å²) in [6.07, 6.45) is 4.18. The fraction of sp³-hybridized carbons (Fsp3) is 1.00. The number of hydrogen-bond donors (Lipinski definition) is 2. The third-order valence-corrected chi connectivity index (χ3v) is 7.22. The van der Waals surface area contributed by atoms with Crippen molar-refractivity contribution in [2.45, 2.75) is 76.0 Å². The molecule has 0 rings (SSSR count). The van der Waals surface area contributed by atoms with Gasteiger partial charge in [0.2, 0.25) is 0 Å². The Morgan fingerprint density at radius 1 is 0.556 bits per heavy atom. The van der Waals surface area contributed by atoms with E-state index in [0.717, 1.165) is 0 Å². The van der Waals surface area contributed by atoms with E-state index in [1.54, 1.807) is 0 Å². The first-order chi connectivity index (χ1) is 7.62. The normalized spacial score (nSPS) is 14.0. The van der Waals surface area contributed by atoms with Gasteiger partial charge >= 0.3 is 0 Å². The van der Waals surface area contributed by atoms with Crippen molar-refractivity contribution in [3.8, 4) is 0 Å². The average molecular weight is 295 g/mol. The number of nitrogens with two attached hydrogens (primary N) is 2. The summed E-state index contributed by atoms with van der Waals surface area (Å²) in [6.45, 7) is 16.9. The maximum Gasteiger partial charge on any atom is 0.0275 e. The topological polar surface area (TPSA) is 52.0 Å². The van der Waals surface area contributed by atoms with Crippen LogP contribution in [0, 0.1) is 0 Å². The molecule has 0 saturated carbocycles. The van der Waals surface area contributed by atoms with Crippen LogP contribution in [0.15, 0.2) is 0 Å². The van der Waals surface area contributed by atoms with Crippen LogP contribution in [0.2, 0.25) is 0 Å². The average Bonchev–Trinajstić information content (AvgIpc) is 2.15. The second-order valence-corrected chi connectivity index (χ2v) is 9.73. The standard InChI is InChI=1S/2C7H17NS/c2*1-6(2,8)7(3,4)9-5/h2*8H2,1-5H3. The van der Waals surface area contributed by atoms with Gasteiger partial charge in [0.05, 0.1) is 0 Å². The summed E-state index contributed by atoms with van der Waals surface area (Å²) < 4.78 is 0.347. The van der Waals surface area contributed by atoms with Crippen molar-refractivity contribution in [1.82, 2.24) is 0 Å². The molecule has 0 aromatic heterocycles. The molecular formula is C14H34N2S2. The zero-order chi connectivity index (χ0) is 15.4. The smallest absolute Gasteiger partial charge is 0.0275 e. The Morgan fingerprint density at radius 2 is 0.722 bits per heavy atom. The Labute approximate surface area is 123 Å². The SMILES string of the molecule is CSC(C)(C)C(C)(C)N.CSC(C)(C)C(C)(C)N. The minimum atomic E-state index is -0.0909. The molecule has 0 atom stereocenters. The molecule has 0 bridgehead atoms. The van der Waals surface area contributed by atoms with Crippen LogP contribution in [0.4, 0.5) is 0 Å². The molecule has 0 aromatic carbocycles. The van der Waals surface area contributed by atoms with Gasteiger partial charge in [-0.1, -0.05) is 0 Å². The Bertz CT molecular complexity index is 209.